The van der Waals surface area contributed by atoms with Crippen molar-refractivity contribution in [2.24, 2.45) is 17.3 Å². The van der Waals surface area contributed by atoms with Crippen LogP contribution in [0.4, 0.5) is 0 Å². The van der Waals surface area contributed by atoms with Crippen molar-refractivity contribution in [2.75, 3.05) is 6.61 Å². The van der Waals surface area contributed by atoms with Gasteiger partial charge in [0.15, 0.2) is 0 Å². The van der Waals surface area contributed by atoms with E-state index in [-0.39, 0.29) is 0 Å². The second-order valence-electron chi connectivity index (χ2n) is 5.75. The number of fused-ring (bicyclic) bond motifs is 1. The molecule has 1 saturated heterocycles. The molecule has 1 aliphatic carbocycles. The molecule has 14 heavy (non-hydrogen) atoms. The van der Waals surface area contributed by atoms with Gasteiger partial charge in [0.1, 0.15) is 0 Å². The van der Waals surface area contributed by atoms with Crippen molar-refractivity contribution in [2.45, 2.75) is 59.0 Å². The second kappa shape index (κ2) is 3.84. The van der Waals surface area contributed by atoms with E-state index in [1.54, 1.807) is 0 Å². The predicted molar refractivity (Wildman–Crippen MR) is 59.3 cm³/mol. The van der Waals surface area contributed by atoms with E-state index in [0.29, 0.717) is 11.5 Å². The molecule has 0 bridgehead atoms. The summed E-state index contributed by atoms with van der Waals surface area (Å²) >= 11 is 0. The van der Waals surface area contributed by atoms with E-state index in [1.807, 2.05) is 0 Å². The summed E-state index contributed by atoms with van der Waals surface area (Å²) in [6, 6.07) is 0. The third kappa shape index (κ3) is 1.84. The van der Waals surface area contributed by atoms with E-state index < -0.39 is 0 Å². The Labute approximate surface area is 88.2 Å². The number of ether oxygens (including phenoxy) is 1. The molecule has 0 spiro atoms. The minimum absolute atomic E-state index is 0.568. The monoisotopic (exact) mass is 196 g/mol. The molecular weight excluding hydrogens is 172 g/mol. The average Bonchev–Trinajstić information content (AvgIpc) is 2.18. The smallest absolute Gasteiger partial charge is 0.0611 e. The lowest BCUT2D eigenvalue weighted by Gasteiger charge is -2.46. The third-order valence-electron chi connectivity index (χ3n) is 4.74. The minimum Gasteiger partial charge on any atom is -0.378 e. The van der Waals surface area contributed by atoms with Gasteiger partial charge in [0.2, 0.25) is 0 Å². The van der Waals surface area contributed by atoms with Crippen LogP contribution in [0.1, 0.15) is 52.9 Å². The molecule has 0 N–H and O–H groups in total. The zero-order valence-electron chi connectivity index (χ0n) is 9.88. The van der Waals surface area contributed by atoms with Gasteiger partial charge < -0.3 is 4.74 Å². The Kier molecular flexibility index (Phi) is 2.88. The van der Waals surface area contributed by atoms with Crippen LogP contribution in [0.2, 0.25) is 0 Å². The first-order chi connectivity index (χ1) is 6.64. The lowest BCUT2D eigenvalue weighted by atomic mass is 9.65. The molecular formula is C13H24O. The maximum absolute atomic E-state index is 5.95. The van der Waals surface area contributed by atoms with Gasteiger partial charge in [-0.1, -0.05) is 27.2 Å². The Hall–Kier alpha value is -0.0400. The van der Waals surface area contributed by atoms with Crippen LogP contribution in [0.5, 0.6) is 0 Å². The summed E-state index contributed by atoms with van der Waals surface area (Å²) in [5.74, 6) is 1.76. The largest absolute Gasteiger partial charge is 0.378 e. The molecule has 2 rings (SSSR count). The van der Waals surface area contributed by atoms with Crippen molar-refractivity contribution >= 4 is 0 Å². The quantitative estimate of drug-likeness (QED) is 0.622. The molecule has 2 fully saturated rings. The van der Waals surface area contributed by atoms with Crippen LogP contribution in [0.25, 0.3) is 0 Å². The Morgan fingerprint density at radius 1 is 1.36 bits per heavy atom. The van der Waals surface area contributed by atoms with E-state index in [1.165, 1.54) is 32.1 Å². The zero-order valence-corrected chi connectivity index (χ0v) is 9.88. The Bertz CT molecular complexity index is 201. The predicted octanol–water partition coefficient (Wildman–Crippen LogP) is 3.63. The highest BCUT2D eigenvalue weighted by Gasteiger charge is 2.41. The molecule has 0 aromatic heterocycles. The van der Waals surface area contributed by atoms with E-state index in [9.17, 15) is 0 Å². The van der Waals surface area contributed by atoms with Crippen LogP contribution in [-0.2, 0) is 4.74 Å². The van der Waals surface area contributed by atoms with Crippen LogP contribution in [0.3, 0.4) is 0 Å². The number of hydrogen-bond donors (Lipinski definition) is 0. The second-order valence-corrected chi connectivity index (χ2v) is 5.75. The van der Waals surface area contributed by atoms with Crippen molar-refractivity contribution in [3.8, 4) is 0 Å². The van der Waals surface area contributed by atoms with Crippen molar-refractivity contribution in [3.63, 3.8) is 0 Å². The molecule has 1 nitrogen and oxygen atoms in total. The first-order valence-electron chi connectivity index (χ1n) is 6.26. The number of rotatable bonds is 1. The highest BCUT2D eigenvalue weighted by Crippen LogP contribution is 2.46. The lowest BCUT2D eigenvalue weighted by molar-refractivity contribution is -0.101. The summed E-state index contributed by atoms with van der Waals surface area (Å²) in [6.07, 6.45) is 7.29. The zero-order chi connectivity index (χ0) is 10.2. The molecule has 0 amide bonds. The normalized spacial score (nSPS) is 48.6. The third-order valence-corrected chi connectivity index (χ3v) is 4.74. The van der Waals surface area contributed by atoms with Crippen LogP contribution in [-0.4, -0.2) is 12.7 Å². The van der Waals surface area contributed by atoms with E-state index in [4.69, 9.17) is 4.74 Å². The fourth-order valence-electron chi connectivity index (χ4n) is 3.21. The molecule has 4 unspecified atom stereocenters. The van der Waals surface area contributed by atoms with Gasteiger partial charge in [-0.25, -0.2) is 0 Å². The first-order valence-corrected chi connectivity index (χ1v) is 6.26. The van der Waals surface area contributed by atoms with Gasteiger partial charge in [-0.3, -0.25) is 0 Å². The molecule has 0 aromatic rings. The van der Waals surface area contributed by atoms with Crippen LogP contribution < -0.4 is 0 Å². The van der Waals surface area contributed by atoms with Crippen LogP contribution >= 0.6 is 0 Å². The number of hydrogen-bond acceptors (Lipinski definition) is 1. The summed E-state index contributed by atoms with van der Waals surface area (Å²) < 4.78 is 5.95. The molecule has 82 valence electrons. The van der Waals surface area contributed by atoms with Crippen molar-refractivity contribution in [3.05, 3.63) is 0 Å². The van der Waals surface area contributed by atoms with Gasteiger partial charge in [0, 0.05) is 6.61 Å². The minimum atomic E-state index is 0.568. The summed E-state index contributed by atoms with van der Waals surface area (Å²) in [5, 5.41) is 0. The molecule has 1 aliphatic heterocycles. The van der Waals surface area contributed by atoms with Gasteiger partial charge in [-0.2, -0.15) is 0 Å². The van der Waals surface area contributed by atoms with Gasteiger partial charge >= 0.3 is 0 Å². The molecule has 1 heterocycles. The first kappa shape index (κ1) is 10.5. The standard InChI is InChI=1S/C13H24O/c1-4-13(3)7-5-11-10(2)6-8-14-12(11)9-13/h10-12H,4-9H2,1-3H3. The van der Waals surface area contributed by atoms with Gasteiger partial charge in [-0.05, 0) is 42.9 Å². The molecule has 1 saturated carbocycles. The fourth-order valence-corrected chi connectivity index (χ4v) is 3.21. The van der Waals surface area contributed by atoms with Crippen molar-refractivity contribution < 1.29 is 4.74 Å². The lowest BCUT2D eigenvalue weighted by Crippen LogP contribution is -2.43. The summed E-state index contributed by atoms with van der Waals surface area (Å²) in [5.41, 5.74) is 0.568. The van der Waals surface area contributed by atoms with E-state index in [2.05, 4.69) is 20.8 Å². The van der Waals surface area contributed by atoms with E-state index >= 15 is 0 Å². The molecule has 4 atom stereocenters. The summed E-state index contributed by atoms with van der Waals surface area (Å²) in [7, 11) is 0. The maximum atomic E-state index is 5.95. The Balaban J connectivity index is 2.03. The van der Waals surface area contributed by atoms with Crippen molar-refractivity contribution in [1.29, 1.82) is 0 Å². The summed E-state index contributed by atoms with van der Waals surface area (Å²) in [4.78, 5) is 0. The Morgan fingerprint density at radius 2 is 2.14 bits per heavy atom. The average molecular weight is 196 g/mol. The maximum Gasteiger partial charge on any atom is 0.0611 e. The van der Waals surface area contributed by atoms with Gasteiger partial charge in [0.05, 0.1) is 6.10 Å². The van der Waals surface area contributed by atoms with E-state index in [0.717, 1.165) is 18.4 Å². The molecule has 1 heteroatoms. The van der Waals surface area contributed by atoms with Crippen LogP contribution in [0, 0.1) is 17.3 Å². The summed E-state index contributed by atoms with van der Waals surface area (Å²) in [6.45, 7) is 8.18. The highest BCUT2D eigenvalue weighted by atomic mass is 16.5. The van der Waals surface area contributed by atoms with Crippen LogP contribution in [0.15, 0.2) is 0 Å². The molecule has 0 radical (unpaired) electrons. The molecule has 2 aliphatic rings. The van der Waals surface area contributed by atoms with Gasteiger partial charge in [-0.15, -0.1) is 0 Å². The topological polar surface area (TPSA) is 9.23 Å². The highest BCUT2D eigenvalue weighted by molar-refractivity contribution is 4.91. The molecule has 0 aromatic carbocycles. The Morgan fingerprint density at radius 3 is 2.86 bits per heavy atom. The van der Waals surface area contributed by atoms with Gasteiger partial charge in [0.25, 0.3) is 0 Å². The fraction of sp³-hybridized carbons (Fsp3) is 1.00. The SMILES string of the molecule is CCC1(C)CCC2C(C)CCOC2C1. The van der Waals surface area contributed by atoms with Crippen molar-refractivity contribution in [1.82, 2.24) is 0 Å².